The number of hydrogen-bond acceptors (Lipinski definition) is 9. The van der Waals surface area contributed by atoms with Gasteiger partial charge in [-0.3, -0.25) is 25.0 Å². The molecule has 0 radical (unpaired) electrons. The van der Waals surface area contributed by atoms with Gasteiger partial charge in [0.2, 0.25) is 4.08 Å². The lowest BCUT2D eigenvalue weighted by molar-refractivity contribution is -0.385. The van der Waals surface area contributed by atoms with Gasteiger partial charge >= 0.3 is 5.97 Å². The highest BCUT2D eigenvalue weighted by atomic mass is 32.2. The van der Waals surface area contributed by atoms with E-state index in [1.165, 1.54) is 55.5 Å². The number of carbonyl (C=O) groups excluding carboxylic acids is 2. The number of nitrogens with zero attached hydrogens (tertiary/aromatic N) is 2. The molecule has 2 rings (SSSR count). The van der Waals surface area contributed by atoms with Gasteiger partial charge in [-0.1, -0.05) is 23.5 Å². The van der Waals surface area contributed by atoms with Crippen LogP contribution in [0.3, 0.4) is 0 Å². The zero-order chi connectivity index (χ0) is 20.9. The number of carbonyl (C=O) groups is 2. The van der Waals surface area contributed by atoms with Gasteiger partial charge in [-0.25, -0.2) is 4.79 Å². The lowest BCUT2D eigenvalue weighted by Gasteiger charge is -2.27. The number of non-ortho nitro benzene ring substituents is 2. The Balaban J connectivity index is 2.41. The molecule has 11 heteroatoms. The molecule has 0 fully saturated rings. The molecule has 0 aliphatic heterocycles. The first-order chi connectivity index (χ1) is 13.2. The number of esters is 1. The SMILES string of the molecule is COC(=O)C(Sc1ccc([N+](=O)[O-])cc1)(Sc1ccc([N+](=O)[O-])cc1)C(C)=O. The normalized spacial score (nSPS) is 10.9. The standard InChI is InChI=1S/C17H14N2O7S2/c1-11(20)17(16(21)26-2,27-14-7-3-12(4-8-14)18(22)23)28-15-9-5-13(6-10-15)19(24)25/h3-10H,1-2H3. The second-order valence-electron chi connectivity index (χ2n) is 5.37. The topological polar surface area (TPSA) is 130 Å². The Morgan fingerprint density at radius 3 is 1.46 bits per heavy atom. The summed E-state index contributed by atoms with van der Waals surface area (Å²) in [5, 5.41) is 21.6. The number of ketones is 1. The van der Waals surface area contributed by atoms with E-state index in [0.717, 1.165) is 30.6 Å². The van der Waals surface area contributed by atoms with Crippen molar-refractivity contribution in [3.05, 3.63) is 68.8 Å². The van der Waals surface area contributed by atoms with E-state index in [2.05, 4.69) is 0 Å². The first-order valence-electron chi connectivity index (χ1n) is 7.66. The van der Waals surface area contributed by atoms with Crippen LogP contribution in [0.1, 0.15) is 6.92 Å². The van der Waals surface area contributed by atoms with Crippen LogP contribution in [0, 0.1) is 20.2 Å². The minimum Gasteiger partial charge on any atom is -0.467 e. The van der Waals surface area contributed by atoms with E-state index >= 15 is 0 Å². The molecule has 0 N–H and O–H groups in total. The molecule has 0 heterocycles. The fourth-order valence-corrected chi connectivity index (χ4v) is 4.70. The van der Waals surface area contributed by atoms with E-state index in [1.54, 1.807) is 0 Å². The van der Waals surface area contributed by atoms with Gasteiger partial charge < -0.3 is 4.74 Å². The van der Waals surface area contributed by atoms with Crippen LogP contribution in [0.25, 0.3) is 0 Å². The second kappa shape index (κ2) is 8.85. The van der Waals surface area contributed by atoms with E-state index < -0.39 is 25.7 Å². The van der Waals surface area contributed by atoms with Crippen molar-refractivity contribution in [2.45, 2.75) is 20.8 Å². The third-order valence-electron chi connectivity index (χ3n) is 3.54. The summed E-state index contributed by atoms with van der Waals surface area (Å²) in [6.07, 6.45) is 0. The van der Waals surface area contributed by atoms with Crippen LogP contribution in [0.5, 0.6) is 0 Å². The van der Waals surface area contributed by atoms with E-state index in [1.807, 2.05) is 0 Å². The molecule has 0 unspecified atom stereocenters. The molecular formula is C17H14N2O7S2. The third kappa shape index (κ3) is 4.67. The van der Waals surface area contributed by atoms with Gasteiger partial charge in [0.15, 0.2) is 5.78 Å². The molecule has 0 atom stereocenters. The van der Waals surface area contributed by atoms with Crippen LogP contribution in [0.2, 0.25) is 0 Å². The van der Waals surface area contributed by atoms with Crippen LogP contribution in [-0.4, -0.2) is 32.8 Å². The average molecular weight is 422 g/mol. The fourth-order valence-electron chi connectivity index (χ4n) is 2.13. The number of nitro benzene ring substituents is 2. The Kier molecular flexibility index (Phi) is 6.75. The van der Waals surface area contributed by atoms with Crippen molar-refractivity contribution in [1.82, 2.24) is 0 Å². The predicted octanol–water partition coefficient (Wildman–Crippen LogP) is 3.85. The van der Waals surface area contributed by atoms with E-state index in [9.17, 15) is 29.8 Å². The Morgan fingerprint density at radius 2 is 1.21 bits per heavy atom. The first kappa shape index (κ1) is 21.4. The maximum Gasteiger partial charge on any atom is 0.340 e. The number of benzene rings is 2. The molecule has 28 heavy (non-hydrogen) atoms. The van der Waals surface area contributed by atoms with E-state index in [-0.39, 0.29) is 11.4 Å². The molecule has 0 aliphatic rings. The summed E-state index contributed by atoms with van der Waals surface area (Å²) in [6, 6.07) is 10.8. The lowest BCUT2D eigenvalue weighted by Crippen LogP contribution is -2.39. The summed E-state index contributed by atoms with van der Waals surface area (Å²) < 4.78 is 3.11. The van der Waals surface area contributed by atoms with Crippen molar-refractivity contribution in [3.63, 3.8) is 0 Å². The highest BCUT2D eigenvalue weighted by Crippen LogP contribution is 2.47. The smallest absolute Gasteiger partial charge is 0.340 e. The molecule has 0 saturated heterocycles. The van der Waals surface area contributed by atoms with Crippen LogP contribution >= 0.6 is 23.5 Å². The fraction of sp³-hybridized carbons (Fsp3) is 0.176. The Labute approximate surface area is 167 Å². The van der Waals surface area contributed by atoms with Gasteiger partial charge in [-0.2, -0.15) is 0 Å². The largest absolute Gasteiger partial charge is 0.467 e. The summed E-state index contributed by atoms with van der Waals surface area (Å²) in [5.41, 5.74) is -0.252. The van der Waals surface area contributed by atoms with Gasteiger partial charge in [0.1, 0.15) is 0 Å². The monoisotopic (exact) mass is 422 g/mol. The molecule has 0 bridgehead atoms. The number of rotatable bonds is 8. The summed E-state index contributed by atoms with van der Waals surface area (Å²) in [7, 11) is 1.15. The maximum atomic E-state index is 12.5. The number of Topliss-reactive ketones (excluding diaryl/α,β-unsaturated/α-hetero) is 1. The first-order valence-corrected chi connectivity index (χ1v) is 9.29. The van der Waals surface area contributed by atoms with Crippen LogP contribution in [0.15, 0.2) is 58.3 Å². The van der Waals surface area contributed by atoms with Crippen molar-refractivity contribution in [2.75, 3.05) is 7.11 Å². The number of nitro groups is 2. The van der Waals surface area contributed by atoms with Crippen LogP contribution < -0.4 is 0 Å². The predicted molar refractivity (Wildman–Crippen MR) is 103 cm³/mol. The van der Waals surface area contributed by atoms with Gasteiger partial charge in [-0.15, -0.1) is 0 Å². The summed E-state index contributed by atoms with van der Waals surface area (Å²) in [4.78, 5) is 46.4. The molecule has 0 aromatic heterocycles. The number of hydrogen-bond donors (Lipinski definition) is 0. The Hall–Kier alpha value is -2.92. The molecule has 9 nitrogen and oxygen atoms in total. The quantitative estimate of drug-likeness (QED) is 0.155. The summed E-state index contributed by atoms with van der Waals surface area (Å²) >= 11 is 1.77. The average Bonchev–Trinajstić information content (AvgIpc) is 2.67. The van der Waals surface area contributed by atoms with Gasteiger partial charge in [0.25, 0.3) is 11.4 Å². The van der Waals surface area contributed by atoms with Crippen LogP contribution in [0.4, 0.5) is 11.4 Å². The highest BCUT2D eigenvalue weighted by Gasteiger charge is 2.47. The minimum atomic E-state index is -1.72. The van der Waals surface area contributed by atoms with Crippen molar-refractivity contribution in [3.8, 4) is 0 Å². The number of thioether (sulfide) groups is 2. The van der Waals surface area contributed by atoms with E-state index in [0.29, 0.717) is 9.79 Å². The highest BCUT2D eigenvalue weighted by molar-refractivity contribution is 8.20. The molecular weight excluding hydrogens is 408 g/mol. The molecule has 0 saturated carbocycles. The lowest BCUT2D eigenvalue weighted by atomic mass is 10.3. The zero-order valence-corrected chi connectivity index (χ0v) is 16.3. The van der Waals surface area contributed by atoms with Gasteiger partial charge in [0.05, 0.1) is 17.0 Å². The molecule has 0 spiro atoms. The van der Waals surface area contributed by atoms with Gasteiger partial charge in [-0.05, 0) is 31.2 Å². The maximum absolute atomic E-state index is 12.5. The Bertz CT molecular complexity index is 855. The third-order valence-corrected chi connectivity index (χ3v) is 6.53. The second-order valence-corrected chi connectivity index (χ2v) is 8.20. The minimum absolute atomic E-state index is 0.126. The summed E-state index contributed by atoms with van der Waals surface area (Å²) in [5.74, 6) is -1.32. The number of ether oxygens (including phenoxy) is 1. The molecule has 2 aromatic rings. The van der Waals surface area contributed by atoms with E-state index in [4.69, 9.17) is 4.74 Å². The molecule has 0 aliphatic carbocycles. The van der Waals surface area contributed by atoms with Crippen molar-refractivity contribution >= 4 is 46.7 Å². The number of methoxy groups -OCH3 is 1. The Morgan fingerprint density at radius 1 is 0.857 bits per heavy atom. The molecule has 2 aromatic carbocycles. The molecule has 0 amide bonds. The summed E-state index contributed by atoms with van der Waals surface area (Å²) in [6.45, 7) is 1.23. The molecule has 146 valence electrons. The van der Waals surface area contributed by atoms with Crippen molar-refractivity contribution < 1.29 is 24.2 Å². The van der Waals surface area contributed by atoms with Crippen molar-refractivity contribution in [2.24, 2.45) is 0 Å². The van der Waals surface area contributed by atoms with Gasteiger partial charge in [0, 0.05) is 34.1 Å². The van der Waals surface area contributed by atoms with Crippen LogP contribution in [-0.2, 0) is 14.3 Å². The van der Waals surface area contributed by atoms with Crippen molar-refractivity contribution in [1.29, 1.82) is 0 Å². The zero-order valence-electron chi connectivity index (χ0n) is 14.7.